The topological polar surface area (TPSA) is 57.8 Å². The van der Waals surface area contributed by atoms with Gasteiger partial charge in [-0.2, -0.15) is 0 Å². The lowest BCUT2D eigenvalue weighted by Crippen LogP contribution is -2.40. The normalized spacial score (nSPS) is 15.7. The molecule has 0 atom stereocenters. The van der Waals surface area contributed by atoms with Crippen molar-refractivity contribution in [3.05, 3.63) is 23.9 Å². The molecule has 0 aliphatic carbocycles. The van der Waals surface area contributed by atoms with E-state index in [9.17, 15) is 0 Å². The zero-order chi connectivity index (χ0) is 13.7. The van der Waals surface area contributed by atoms with Gasteiger partial charge >= 0.3 is 0 Å². The molecular formula is C14H24IN5. The fourth-order valence-electron chi connectivity index (χ4n) is 2.19. The first-order valence-electron chi connectivity index (χ1n) is 6.85. The average Bonchev–Trinajstić information content (AvgIpc) is 2.46. The van der Waals surface area contributed by atoms with Crippen molar-refractivity contribution in [2.24, 2.45) is 10.7 Å². The van der Waals surface area contributed by atoms with Crippen LogP contribution in [-0.4, -0.2) is 43.0 Å². The van der Waals surface area contributed by atoms with Gasteiger partial charge in [-0.1, -0.05) is 6.07 Å². The van der Waals surface area contributed by atoms with Crippen LogP contribution in [0.3, 0.4) is 0 Å². The van der Waals surface area contributed by atoms with Gasteiger partial charge in [0.2, 0.25) is 0 Å². The highest BCUT2D eigenvalue weighted by atomic mass is 127. The second kappa shape index (κ2) is 8.28. The van der Waals surface area contributed by atoms with Crippen molar-refractivity contribution in [1.82, 2.24) is 9.88 Å². The Balaban J connectivity index is 0.00000200. The Bertz CT molecular complexity index is 441. The number of hydrogen-bond donors (Lipinski definition) is 1. The average molecular weight is 389 g/mol. The number of pyridine rings is 1. The Morgan fingerprint density at radius 2 is 2.00 bits per heavy atom. The second-order valence-corrected chi connectivity index (χ2v) is 5.10. The lowest BCUT2D eigenvalue weighted by Gasteiger charge is -2.27. The number of nitrogens with zero attached hydrogens (tertiary/aromatic N) is 4. The summed E-state index contributed by atoms with van der Waals surface area (Å²) in [5.74, 6) is 1.60. The van der Waals surface area contributed by atoms with E-state index in [0.29, 0.717) is 12.5 Å². The summed E-state index contributed by atoms with van der Waals surface area (Å²) in [6, 6.07) is 5.98. The Labute approximate surface area is 138 Å². The molecule has 0 amide bonds. The van der Waals surface area contributed by atoms with Gasteiger partial charge in [0.15, 0.2) is 5.96 Å². The summed E-state index contributed by atoms with van der Waals surface area (Å²) < 4.78 is 0. The summed E-state index contributed by atoms with van der Waals surface area (Å²) in [5, 5.41) is 0. The molecule has 6 heteroatoms. The van der Waals surface area contributed by atoms with Crippen LogP contribution in [0.25, 0.3) is 0 Å². The predicted molar refractivity (Wildman–Crippen MR) is 94.7 cm³/mol. The third-order valence-corrected chi connectivity index (χ3v) is 3.33. The van der Waals surface area contributed by atoms with Gasteiger partial charge in [-0.05, 0) is 31.4 Å². The van der Waals surface area contributed by atoms with Crippen molar-refractivity contribution in [2.75, 3.05) is 32.1 Å². The number of likely N-dealkylation sites (tertiary alicyclic amines) is 1. The van der Waals surface area contributed by atoms with Crippen molar-refractivity contribution < 1.29 is 0 Å². The van der Waals surface area contributed by atoms with E-state index in [1.54, 1.807) is 0 Å². The summed E-state index contributed by atoms with van der Waals surface area (Å²) in [7, 11) is 3.97. The minimum Gasteiger partial charge on any atom is -0.370 e. The number of aliphatic imine (C=N–C) groups is 1. The molecule has 0 aromatic carbocycles. The fourth-order valence-corrected chi connectivity index (χ4v) is 2.19. The van der Waals surface area contributed by atoms with E-state index < -0.39 is 0 Å². The molecule has 2 N–H and O–H groups in total. The fraction of sp³-hybridized carbons (Fsp3) is 0.571. The minimum atomic E-state index is 0. The Kier molecular flexibility index (Phi) is 7.04. The number of halogens is 1. The first kappa shape index (κ1) is 17.0. The Hall–Kier alpha value is -1.05. The molecule has 1 aliphatic rings. The van der Waals surface area contributed by atoms with Crippen molar-refractivity contribution in [3.63, 3.8) is 0 Å². The molecule has 1 aromatic heterocycles. The lowest BCUT2D eigenvalue weighted by atomic mass is 10.1. The molecule has 1 aliphatic heterocycles. The standard InChI is InChI=1S/C14H23N5.HI/c1-18(2)13-8-6-7-12(17-13)11-16-14(15)19-9-4-3-5-10-19;/h6-8H,3-5,9-11H2,1-2H3,(H2,15,16);1H. The van der Waals surface area contributed by atoms with Crippen LogP contribution in [0.1, 0.15) is 25.0 Å². The smallest absolute Gasteiger partial charge is 0.191 e. The zero-order valence-corrected chi connectivity index (χ0v) is 14.6. The molecule has 0 spiro atoms. The molecular weight excluding hydrogens is 365 g/mol. The van der Waals surface area contributed by atoms with E-state index >= 15 is 0 Å². The summed E-state index contributed by atoms with van der Waals surface area (Å²) >= 11 is 0. The molecule has 0 radical (unpaired) electrons. The third kappa shape index (κ3) is 4.81. The predicted octanol–water partition coefficient (Wildman–Crippen LogP) is 2.07. The highest BCUT2D eigenvalue weighted by molar-refractivity contribution is 14.0. The van der Waals surface area contributed by atoms with Crippen molar-refractivity contribution in [2.45, 2.75) is 25.8 Å². The molecule has 2 rings (SSSR count). The SMILES string of the molecule is CN(C)c1cccc(CN=C(N)N2CCCCC2)n1.I. The highest BCUT2D eigenvalue weighted by Gasteiger charge is 2.11. The summed E-state index contributed by atoms with van der Waals surface area (Å²) in [4.78, 5) is 13.1. The van der Waals surface area contributed by atoms with E-state index in [0.717, 1.165) is 24.6 Å². The van der Waals surface area contributed by atoms with Gasteiger partial charge in [-0.3, -0.25) is 0 Å². The van der Waals surface area contributed by atoms with Crippen molar-refractivity contribution in [3.8, 4) is 0 Å². The third-order valence-electron chi connectivity index (χ3n) is 3.33. The van der Waals surface area contributed by atoms with Gasteiger partial charge in [0.25, 0.3) is 0 Å². The maximum atomic E-state index is 6.03. The van der Waals surface area contributed by atoms with E-state index in [1.807, 2.05) is 37.2 Å². The van der Waals surface area contributed by atoms with E-state index in [1.165, 1.54) is 19.3 Å². The summed E-state index contributed by atoms with van der Waals surface area (Å²) in [6.45, 7) is 2.60. The van der Waals surface area contributed by atoms with Crippen LogP contribution in [0.2, 0.25) is 0 Å². The van der Waals surface area contributed by atoms with Crippen LogP contribution in [0.15, 0.2) is 23.2 Å². The first-order chi connectivity index (χ1) is 9.16. The first-order valence-corrected chi connectivity index (χ1v) is 6.85. The number of hydrogen-bond acceptors (Lipinski definition) is 3. The molecule has 5 nitrogen and oxygen atoms in total. The van der Waals surface area contributed by atoms with Gasteiger partial charge in [0.05, 0.1) is 12.2 Å². The molecule has 20 heavy (non-hydrogen) atoms. The van der Waals surface area contributed by atoms with Crippen LogP contribution in [0.4, 0.5) is 5.82 Å². The van der Waals surface area contributed by atoms with Crippen LogP contribution < -0.4 is 10.6 Å². The van der Waals surface area contributed by atoms with Crippen molar-refractivity contribution in [1.29, 1.82) is 0 Å². The number of rotatable bonds is 3. The Morgan fingerprint density at radius 1 is 1.30 bits per heavy atom. The number of nitrogens with two attached hydrogens (primary N) is 1. The Morgan fingerprint density at radius 3 is 2.65 bits per heavy atom. The quantitative estimate of drug-likeness (QED) is 0.489. The van der Waals surface area contributed by atoms with Gasteiger partial charge in [0, 0.05) is 27.2 Å². The van der Waals surface area contributed by atoms with E-state index in [-0.39, 0.29) is 24.0 Å². The molecule has 1 fully saturated rings. The number of guanidine groups is 1. The van der Waals surface area contributed by atoms with Gasteiger partial charge in [-0.15, -0.1) is 24.0 Å². The largest absolute Gasteiger partial charge is 0.370 e. The molecule has 1 aromatic rings. The number of piperidine rings is 1. The molecule has 2 heterocycles. The molecule has 112 valence electrons. The summed E-state index contributed by atoms with van der Waals surface area (Å²) in [5.41, 5.74) is 6.98. The number of aromatic nitrogens is 1. The van der Waals surface area contributed by atoms with Crippen LogP contribution in [0.5, 0.6) is 0 Å². The monoisotopic (exact) mass is 389 g/mol. The maximum absolute atomic E-state index is 6.03. The number of anilines is 1. The van der Waals surface area contributed by atoms with Gasteiger partial charge in [-0.25, -0.2) is 9.98 Å². The van der Waals surface area contributed by atoms with Crippen LogP contribution in [-0.2, 0) is 6.54 Å². The van der Waals surface area contributed by atoms with Crippen LogP contribution >= 0.6 is 24.0 Å². The lowest BCUT2D eigenvalue weighted by molar-refractivity contribution is 0.338. The van der Waals surface area contributed by atoms with Crippen LogP contribution in [0, 0.1) is 0 Å². The van der Waals surface area contributed by atoms with Gasteiger partial charge in [0.1, 0.15) is 5.82 Å². The van der Waals surface area contributed by atoms with Crippen molar-refractivity contribution >= 4 is 35.8 Å². The molecule has 1 saturated heterocycles. The second-order valence-electron chi connectivity index (χ2n) is 5.10. The zero-order valence-electron chi connectivity index (χ0n) is 12.2. The highest BCUT2D eigenvalue weighted by Crippen LogP contribution is 2.10. The maximum Gasteiger partial charge on any atom is 0.191 e. The van der Waals surface area contributed by atoms with E-state index in [2.05, 4.69) is 14.9 Å². The molecule has 0 unspecified atom stereocenters. The molecule has 0 saturated carbocycles. The summed E-state index contributed by atoms with van der Waals surface area (Å²) in [6.07, 6.45) is 3.73. The van der Waals surface area contributed by atoms with E-state index in [4.69, 9.17) is 5.73 Å². The van der Waals surface area contributed by atoms with Gasteiger partial charge < -0.3 is 15.5 Å². The molecule has 0 bridgehead atoms. The minimum absolute atomic E-state index is 0.